The highest BCUT2D eigenvalue weighted by atomic mass is 15.1. The van der Waals surface area contributed by atoms with Crippen LogP contribution in [0.25, 0.3) is 93.5 Å². The van der Waals surface area contributed by atoms with Crippen molar-refractivity contribution in [3.8, 4) is 50.2 Å². The number of anilines is 3. The highest BCUT2D eigenvalue weighted by Crippen LogP contribution is 2.46. The third-order valence-electron chi connectivity index (χ3n) is 12.7. The summed E-state index contributed by atoms with van der Waals surface area (Å²) in [7, 11) is 0. The van der Waals surface area contributed by atoms with Gasteiger partial charge in [0.2, 0.25) is 0 Å². The summed E-state index contributed by atoms with van der Waals surface area (Å²) in [5.74, 6) is 0. The molecule has 0 fully saturated rings. The molecule has 300 valence electrons. The van der Waals surface area contributed by atoms with Crippen LogP contribution in [0.2, 0.25) is 0 Å². The number of hydrogen-bond acceptors (Lipinski definition) is 1. The maximum Gasteiger partial charge on any atom is 0.0553 e. The van der Waals surface area contributed by atoms with E-state index in [0.29, 0.717) is 0 Å². The molecule has 0 saturated heterocycles. The Morgan fingerprint density at radius 3 is 1.48 bits per heavy atom. The highest BCUT2D eigenvalue weighted by Gasteiger charge is 2.21. The fraction of sp³-hybridized carbons (Fsp3) is 0. The first kappa shape index (κ1) is 37.3. The van der Waals surface area contributed by atoms with Crippen molar-refractivity contribution in [2.24, 2.45) is 0 Å². The molecule has 0 aliphatic carbocycles. The quantitative estimate of drug-likeness (QED) is 0.148. The summed E-state index contributed by atoms with van der Waals surface area (Å²) in [5.41, 5.74) is 16.4. The van der Waals surface area contributed by atoms with Crippen LogP contribution in [-0.4, -0.2) is 4.57 Å². The summed E-state index contributed by atoms with van der Waals surface area (Å²) >= 11 is 0. The molecule has 2 nitrogen and oxygen atoms in total. The SMILES string of the molecule is c1ccc(-c2cc(-c3ccccc3)cc(-c3ccc(N(c4cccc(-c5c6ccccc6cc6c5c5ccccc5n6-c5ccccc5)c4)c4cccc5ccccc45)cc3)c2)cc1. The number of aromatic nitrogens is 1. The lowest BCUT2D eigenvalue weighted by atomic mass is 9.92. The molecule has 1 heterocycles. The monoisotopic (exact) mass is 814 g/mol. The first-order chi connectivity index (χ1) is 31.7. The van der Waals surface area contributed by atoms with E-state index in [2.05, 4.69) is 264 Å². The first-order valence-corrected chi connectivity index (χ1v) is 22.0. The third-order valence-corrected chi connectivity index (χ3v) is 12.7. The molecular formula is C62H42N2. The van der Waals surface area contributed by atoms with Gasteiger partial charge in [-0.1, -0.05) is 182 Å². The second-order valence-electron chi connectivity index (χ2n) is 16.5. The minimum Gasteiger partial charge on any atom is -0.310 e. The van der Waals surface area contributed by atoms with E-state index in [1.165, 1.54) is 87.9 Å². The normalized spacial score (nSPS) is 11.4. The van der Waals surface area contributed by atoms with Gasteiger partial charge in [-0.25, -0.2) is 0 Å². The number of nitrogens with zero attached hydrogens (tertiary/aromatic N) is 2. The van der Waals surface area contributed by atoms with Crippen molar-refractivity contribution in [2.45, 2.75) is 0 Å². The molecule has 0 N–H and O–H groups in total. The van der Waals surface area contributed by atoms with Crippen molar-refractivity contribution >= 4 is 60.4 Å². The maximum absolute atomic E-state index is 2.43. The van der Waals surface area contributed by atoms with Crippen molar-refractivity contribution in [3.05, 3.63) is 255 Å². The van der Waals surface area contributed by atoms with Crippen molar-refractivity contribution in [1.82, 2.24) is 4.57 Å². The Labute approximate surface area is 373 Å². The molecule has 0 bridgehead atoms. The average molecular weight is 815 g/mol. The summed E-state index contributed by atoms with van der Waals surface area (Å²) in [4.78, 5) is 2.43. The van der Waals surface area contributed by atoms with Gasteiger partial charge in [-0.2, -0.15) is 0 Å². The summed E-state index contributed by atoms with van der Waals surface area (Å²) in [6.45, 7) is 0. The predicted molar refractivity (Wildman–Crippen MR) is 272 cm³/mol. The van der Waals surface area contributed by atoms with Crippen LogP contribution >= 0.6 is 0 Å². The van der Waals surface area contributed by atoms with E-state index in [1.807, 2.05) is 0 Å². The second kappa shape index (κ2) is 15.8. The van der Waals surface area contributed by atoms with Crippen LogP contribution in [0.15, 0.2) is 255 Å². The van der Waals surface area contributed by atoms with E-state index in [1.54, 1.807) is 0 Å². The fourth-order valence-electron chi connectivity index (χ4n) is 9.77. The topological polar surface area (TPSA) is 8.17 Å². The lowest BCUT2D eigenvalue weighted by molar-refractivity contribution is 1.18. The van der Waals surface area contributed by atoms with Crippen LogP contribution < -0.4 is 4.90 Å². The van der Waals surface area contributed by atoms with Crippen LogP contribution in [0.5, 0.6) is 0 Å². The Balaban J connectivity index is 1.05. The Bertz CT molecular complexity index is 3580. The molecule has 0 radical (unpaired) electrons. The lowest BCUT2D eigenvalue weighted by Gasteiger charge is -2.28. The standard InChI is InChI=1S/C62H42N2/c1-4-18-43(19-5-1)49-38-50(44-20-6-2-7-21-44)40-51(39-49)45-34-36-53(37-35-45)63(58-33-17-24-46-22-10-12-29-55(46)58)54-28-16-25-48(41-54)61-56-30-13-11-23-47(56)42-60-62(61)57-31-14-15-32-59(57)64(60)52-26-8-3-9-27-52/h1-42H. The van der Waals surface area contributed by atoms with Gasteiger partial charge in [0.25, 0.3) is 0 Å². The van der Waals surface area contributed by atoms with E-state index in [0.717, 1.165) is 22.7 Å². The van der Waals surface area contributed by atoms with Crippen LogP contribution in [0.4, 0.5) is 17.1 Å². The van der Waals surface area contributed by atoms with Crippen LogP contribution in [0, 0.1) is 0 Å². The second-order valence-corrected chi connectivity index (χ2v) is 16.5. The lowest BCUT2D eigenvalue weighted by Crippen LogP contribution is -2.10. The molecule has 0 unspecified atom stereocenters. The summed E-state index contributed by atoms with van der Waals surface area (Å²) < 4.78 is 2.42. The summed E-state index contributed by atoms with van der Waals surface area (Å²) in [5, 5.41) is 7.33. The average Bonchev–Trinajstić information content (AvgIpc) is 3.70. The molecule has 11 aromatic carbocycles. The predicted octanol–water partition coefficient (Wildman–Crippen LogP) is 17.2. The Morgan fingerprint density at radius 1 is 0.281 bits per heavy atom. The molecule has 0 saturated carbocycles. The maximum atomic E-state index is 2.43. The zero-order valence-corrected chi connectivity index (χ0v) is 35.1. The van der Waals surface area contributed by atoms with Gasteiger partial charge in [-0.05, 0) is 133 Å². The third kappa shape index (κ3) is 6.52. The van der Waals surface area contributed by atoms with Gasteiger partial charge in [0.15, 0.2) is 0 Å². The summed E-state index contributed by atoms with van der Waals surface area (Å²) in [6, 6.07) is 92.7. The Morgan fingerprint density at radius 2 is 0.797 bits per heavy atom. The van der Waals surface area contributed by atoms with Crippen molar-refractivity contribution < 1.29 is 0 Å². The van der Waals surface area contributed by atoms with E-state index in [4.69, 9.17) is 0 Å². The molecule has 64 heavy (non-hydrogen) atoms. The molecule has 1 aromatic heterocycles. The molecule has 12 aromatic rings. The molecule has 2 heteroatoms. The zero-order chi connectivity index (χ0) is 42.4. The van der Waals surface area contributed by atoms with Crippen molar-refractivity contribution in [1.29, 1.82) is 0 Å². The zero-order valence-electron chi connectivity index (χ0n) is 35.1. The van der Waals surface area contributed by atoms with Gasteiger partial charge < -0.3 is 9.47 Å². The van der Waals surface area contributed by atoms with Gasteiger partial charge in [-0.3, -0.25) is 0 Å². The minimum absolute atomic E-state index is 1.09. The van der Waals surface area contributed by atoms with Crippen molar-refractivity contribution in [2.75, 3.05) is 4.90 Å². The van der Waals surface area contributed by atoms with Gasteiger partial charge in [-0.15, -0.1) is 0 Å². The molecule has 0 spiro atoms. The van der Waals surface area contributed by atoms with E-state index in [9.17, 15) is 0 Å². The molecule has 0 aliphatic rings. The number of hydrogen-bond donors (Lipinski definition) is 0. The molecule has 0 aliphatic heterocycles. The van der Waals surface area contributed by atoms with E-state index in [-0.39, 0.29) is 0 Å². The summed E-state index contributed by atoms with van der Waals surface area (Å²) in [6.07, 6.45) is 0. The Hall–Kier alpha value is -8.46. The van der Waals surface area contributed by atoms with Crippen LogP contribution in [-0.2, 0) is 0 Å². The molecule has 0 amide bonds. The number of para-hydroxylation sites is 2. The fourth-order valence-corrected chi connectivity index (χ4v) is 9.77. The number of rotatable bonds is 8. The molecule has 12 rings (SSSR count). The van der Waals surface area contributed by atoms with E-state index < -0.39 is 0 Å². The van der Waals surface area contributed by atoms with Crippen LogP contribution in [0.3, 0.4) is 0 Å². The van der Waals surface area contributed by atoms with Gasteiger partial charge in [0.1, 0.15) is 0 Å². The van der Waals surface area contributed by atoms with Gasteiger partial charge in [0.05, 0.1) is 16.7 Å². The Kier molecular flexibility index (Phi) is 9.20. The molecule has 0 atom stereocenters. The first-order valence-electron chi connectivity index (χ1n) is 22.0. The highest BCUT2D eigenvalue weighted by molar-refractivity contribution is 6.23. The van der Waals surface area contributed by atoms with Gasteiger partial charge >= 0.3 is 0 Å². The van der Waals surface area contributed by atoms with E-state index >= 15 is 0 Å². The minimum atomic E-state index is 1.09. The molecular weight excluding hydrogens is 773 g/mol. The van der Waals surface area contributed by atoms with Crippen molar-refractivity contribution in [3.63, 3.8) is 0 Å². The smallest absolute Gasteiger partial charge is 0.0553 e. The largest absolute Gasteiger partial charge is 0.310 e. The number of fused-ring (bicyclic) bond motifs is 5. The van der Waals surface area contributed by atoms with Crippen LogP contribution in [0.1, 0.15) is 0 Å². The van der Waals surface area contributed by atoms with Gasteiger partial charge in [0, 0.05) is 33.2 Å². The number of benzene rings is 11.